The Kier molecular flexibility index (Phi) is 6.01. The van der Waals surface area contributed by atoms with Crippen molar-refractivity contribution in [3.63, 3.8) is 0 Å². The number of carbonyl (C=O) groups is 1. The normalized spacial score (nSPS) is 11.7. The molecule has 1 unspecified atom stereocenters. The van der Waals surface area contributed by atoms with Crippen molar-refractivity contribution in [1.82, 2.24) is 14.6 Å². The Morgan fingerprint density at radius 2 is 2.28 bits per heavy atom. The van der Waals surface area contributed by atoms with E-state index in [0.29, 0.717) is 0 Å². The first-order valence-electron chi connectivity index (χ1n) is 8.28. The summed E-state index contributed by atoms with van der Waals surface area (Å²) in [5.41, 5.74) is 8.57. The molecule has 0 saturated carbocycles. The molecular formula is C17H14ClFN6O4. The average molecular weight is 421 g/mol. The van der Waals surface area contributed by atoms with Crippen LogP contribution in [0.5, 0.6) is 11.6 Å². The highest BCUT2D eigenvalue weighted by atomic mass is 35.5. The summed E-state index contributed by atoms with van der Waals surface area (Å²) < 4.78 is 26.6. The molecular weight excluding hydrogens is 407 g/mol. The minimum atomic E-state index is -1.18. The fourth-order valence-corrected chi connectivity index (χ4v) is 2.91. The van der Waals surface area contributed by atoms with Gasteiger partial charge >= 0.3 is 5.97 Å². The third kappa shape index (κ3) is 4.31. The molecule has 1 aromatic carbocycles. The molecule has 1 N–H and O–H groups in total. The van der Waals surface area contributed by atoms with Crippen LogP contribution in [0.15, 0.2) is 35.7 Å². The van der Waals surface area contributed by atoms with Crippen LogP contribution in [0, 0.1) is 5.82 Å². The van der Waals surface area contributed by atoms with Gasteiger partial charge in [0.15, 0.2) is 5.65 Å². The van der Waals surface area contributed by atoms with Crippen LogP contribution >= 0.6 is 11.6 Å². The highest BCUT2D eigenvalue weighted by molar-refractivity contribution is 6.31. The van der Waals surface area contributed by atoms with Gasteiger partial charge in [-0.2, -0.15) is 10.1 Å². The highest BCUT2D eigenvalue weighted by Crippen LogP contribution is 2.36. The molecule has 0 saturated heterocycles. The zero-order valence-corrected chi connectivity index (χ0v) is 15.7. The predicted molar refractivity (Wildman–Crippen MR) is 99.9 cm³/mol. The fourth-order valence-electron chi connectivity index (χ4n) is 2.60. The van der Waals surface area contributed by atoms with E-state index >= 15 is 0 Å². The number of azide groups is 1. The van der Waals surface area contributed by atoms with E-state index in [4.69, 9.17) is 26.6 Å². The lowest BCUT2D eigenvalue weighted by molar-refractivity contribution is 0.0698. The van der Waals surface area contributed by atoms with Gasteiger partial charge in [0.1, 0.15) is 23.2 Å². The molecule has 0 amide bonds. The second-order valence-electron chi connectivity index (χ2n) is 5.73. The number of carboxylic acid groups (broad SMARTS) is 1. The molecule has 29 heavy (non-hydrogen) atoms. The van der Waals surface area contributed by atoms with Gasteiger partial charge in [0.25, 0.3) is 0 Å². The van der Waals surface area contributed by atoms with Crippen LogP contribution < -0.4 is 9.47 Å². The summed E-state index contributed by atoms with van der Waals surface area (Å²) in [6.45, 7) is 1.76. The second kappa shape index (κ2) is 8.63. The predicted octanol–water partition coefficient (Wildman–Crippen LogP) is 4.05. The number of hydrogen-bond acceptors (Lipinski definition) is 6. The Morgan fingerprint density at radius 1 is 1.48 bits per heavy atom. The molecule has 3 aromatic rings. The molecule has 0 aliphatic carbocycles. The minimum absolute atomic E-state index is 0.0632. The van der Waals surface area contributed by atoms with E-state index in [2.05, 4.69) is 20.1 Å². The van der Waals surface area contributed by atoms with Gasteiger partial charge in [-0.1, -0.05) is 16.7 Å². The Bertz CT molecular complexity index is 1110. The topological polar surface area (TPSA) is 135 Å². The standard InChI is InChI=1S/C17H14ClFN6O4/c1-9(14-12(28-7-5-21-24-20)3-2-11(19)15(14)18)29-13-4-6-25-16(23-13)10(8-22-25)17(26)27/h2-4,6,8-9H,5,7H2,1H3,(H,26,27). The summed E-state index contributed by atoms with van der Waals surface area (Å²) in [5, 5.41) is 16.3. The van der Waals surface area contributed by atoms with Crippen molar-refractivity contribution in [2.45, 2.75) is 13.0 Å². The molecule has 0 bridgehead atoms. The first-order valence-corrected chi connectivity index (χ1v) is 8.66. The first kappa shape index (κ1) is 20.2. The zero-order valence-electron chi connectivity index (χ0n) is 15.0. The number of ether oxygens (including phenoxy) is 2. The third-order valence-corrected chi connectivity index (χ3v) is 4.27. The molecule has 2 aromatic heterocycles. The number of nitrogens with zero attached hydrogens (tertiary/aromatic N) is 6. The molecule has 10 nitrogen and oxygen atoms in total. The number of hydrogen-bond donors (Lipinski definition) is 1. The number of fused-ring (bicyclic) bond motifs is 1. The monoisotopic (exact) mass is 420 g/mol. The van der Waals surface area contributed by atoms with E-state index in [9.17, 15) is 14.3 Å². The molecule has 0 aliphatic rings. The van der Waals surface area contributed by atoms with Crippen molar-refractivity contribution in [3.05, 3.63) is 63.0 Å². The van der Waals surface area contributed by atoms with Gasteiger partial charge in [-0.25, -0.2) is 13.7 Å². The lowest BCUT2D eigenvalue weighted by Crippen LogP contribution is -2.11. The van der Waals surface area contributed by atoms with Crippen LogP contribution in [0.4, 0.5) is 4.39 Å². The minimum Gasteiger partial charge on any atom is -0.493 e. The van der Waals surface area contributed by atoms with Crippen molar-refractivity contribution >= 4 is 23.2 Å². The van der Waals surface area contributed by atoms with Crippen molar-refractivity contribution in [1.29, 1.82) is 0 Å². The van der Waals surface area contributed by atoms with Crippen molar-refractivity contribution in [3.8, 4) is 11.6 Å². The molecule has 0 fully saturated rings. The van der Waals surface area contributed by atoms with Crippen LogP contribution in [-0.2, 0) is 0 Å². The van der Waals surface area contributed by atoms with Crippen molar-refractivity contribution < 1.29 is 23.8 Å². The molecule has 12 heteroatoms. The van der Waals surface area contributed by atoms with Crippen LogP contribution in [0.2, 0.25) is 5.02 Å². The molecule has 150 valence electrons. The first-order chi connectivity index (χ1) is 13.9. The van der Waals surface area contributed by atoms with Crippen LogP contribution in [0.25, 0.3) is 16.1 Å². The Morgan fingerprint density at radius 3 is 3.00 bits per heavy atom. The van der Waals surface area contributed by atoms with E-state index in [1.54, 1.807) is 6.92 Å². The summed E-state index contributed by atoms with van der Waals surface area (Å²) >= 11 is 6.11. The van der Waals surface area contributed by atoms with Gasteiger partial charge in [-0.15, -0.1) is 0 Å². The summed E-state index contributed by atoms with van der Waals surface area (Å²) in [6.07, 6.45) is 1.87. The molecule has 0 radical (unpaired) electrons. The van der Waals surface area contributed by atoms with E-state index in [0.717, 1.165) is 6.07 Å². The average Bonchev–Trinajstić information content (AvgIpc) is 3.11. The van der Waals surface area contributed by atoms with Gasteiger partial charge in [0.05, 0.1) is 29.9 Å². The van der Waals surface area contributed by atoms with E-state index < -0.39 is 17.9 Å². The number of aromatic nitrogens is 3. The second-order valence-corrected chi connectivity index (χ2v) is 6.11. The number of aromatic carboxylic acids is 1. The van der Waals surface area contributed by atoms with E-state index in [-0.39, 0.29) is 46.6 Å². The molecule has 0 aliphatic heterocycles. The quantitative estimate of drug-likeness (QED) is 0.253. The maximum atomic E-state index is 14.0. The lowest BCUT2D eigenvalue weighted by atomic mass is 10.1. The van der Waals surface area contributed by atoms with Gasteiger partial charge in [-0.05, 0) is 24.6 Å². The van der Waals surface area contributed by atoms with Gasteiger partial charge < -0.3 is 14.6 Å². The maximum Gasteiger partial charge on any atom is 0.341 e. The Labute approximate surface area is 168 Å². The van der Waals surface area contributed by atoms with Crippen LogP contribution in [0.3, 0.4) is 0 Å². The lowest BCUT2D eigenvalue weighted by Gasteiger charge is -2.19. The Balaban J connectivity index is 1.89. The highest BCUT2D eigenvalue weighted by Gasteiger charge is 2.22. The van der Waals surface area contributed by atoms with Crippen LogP contribution in [-0.4, -0.2) is 38.8 Å². The largest absolute Gasteiger partial charge is 0.493 e. The fraction of sp³-hybridized carbons (Fsp3) is 0.235. The SMILES string of the molecule is CC(Oc1ccn2ncc(C(=O)O)c2n1)c1c(OCCN=[N+]=[N-])ccc(F)c1Cl. The number of benzene rings is 1. The zero-order chi connectivity index (χ0) is 21.0. The van der Waals surface area contributed by atoms with Crippen molar-refractivity contribution in [2.24, 2.45) is 5.11 Å². The van der Waals surface area contributed by atoms with Gasteiger partial charge in [-0.3, -0.25) is 0 Å². The number of rotatable bonds is 8. The molecule has 0 spiro atoms. The number of carboxylic acids is 1. The van der Waals surface area contributed by atoms with Gasteiger partial charge in [0.2, 0.25) is 5.88 Å². The summed E-state index contributed by atoms with van der Waals surface area (Å²) in [5.74, 6) is -1.49. The van der Waals surface area contributed by atoms with E-state index in [1.165, 1.54) is 29.0 Å². The smallest absolute Gasteiger partial charge is 0.341 e. The Hall–Kier alpha value is -3.56. The summed E-state index contributed by atoms with van der Waals surface area (Å²) in [7, 11) is 0. The van der Waals surface area contributed by atoms with E-state index in [1.807, 2.05) is 0 Å². The molecule has 3 rings (SSSR count). The summed E-state index contributed by atoms with van der Waals surface area (Å²) in [4.78, 5) is 18.0. The molecule has 1 atom stereocenters. The van der Waals surface area contributed by atoms with Crippen LogP contribution in [0.1, 0.15) is 28.9 Å². The van der Waals surface area contributed by atoms with Gasteiger partial charge in [0, 0.05) is 17.2 Å². The number of halogens is 2. The third-order valence-electron chi connectivity index (χ3n) is 3.88. The molecule has 2 heterocycles. The summed E-state index contributed by atoms with van der Waals surface area (Å²) in [6, 6.07) is 4.03. The maximum absolute atomic E-state index is 14.0. The van der Waals surface area contributed by atoms with Crippen molar-refractivity contribution in [2.75, 3.05) is 13.2 Å².